The Hall–Kier alpha value is -1.26. The molecule has 4 rings (SSSR count). The van der Waals surface area contributed by atoms with Crippen LogP contribution in [0.2, 0.25) is 5.02 Å². The Morgan fingerprint density at radius 2 is 2.17 bits per heavy atom. The van der Waals surface area contributed by atoms with Crippen molar-refractivity contribution in [1.82, 2.24) is 4.90 Å². The van der Waals surface area contributed by atoms with E-state index >= 15 is 0 Å². The zero-order chi connectivity index (χ0) is 16.1. The monoisotopic (exact) mass is 334 g/mol. The van der Waals surface area contributed by atoms with Crippen LogP contribution < -0.4 is 5.32 Å². The summed E-state index contributed by atoms with van der Waals surface area (Å²) in [5, 5.41) is 4.34. The van der Waals surface area contributed by atoms with Gasteiger partial charge in [-0.25, -0.2) is 0 Å². The summed E-state index contributed by atoms with van der Waals surface area (Å²) < 4.78 is 6.10. The number of benzene rings is 1. The van der Waals surface area contributed by atoms with Crippen molar-refractivity contribution in [2.75, 3.05) is 18.5 Å². The standard InChI is InChI=1S/C18H23ClN2O2/c1-2-9-21-16(22)14-5-4-13(19)11-15(14)20-18(21)8-10-23-17(12-18)6-3-7-17/h4-5,11,20H,2-3,6-10,12H2,1H3. The molecule has 1 N–H and O–H groups in total. The molecule has 0 radical (unpaired) electrons. The zero-order valence-electron chi connectivity index (χ0n) is 13.5. The Morgan fingerprint density at radius 3 is 2.87 bits per heavy atom. The minimum absolute atomic E-state index is 0.0341. The minimum atomic E-state index is -0.330. The van der Waals surface area contributed by atoms with Crippen molar-refractivity contribution in [3.05, 3.63) is 28.8 Å². The van der Waals surface area contributed by atoms with E-state index in [1.807, 2.05) is 17.0 Å². The number of carbonyl (C=O) groups excluding carboxylic acids is 1. The van der Waals surface area contributed by atoms with Gasteiger partial charge in [0.05, 0.1) is 23.5 Å². The largest absolute Gasteiger partial charge is 0.375 e. The van der Waals surface area contributed by atoms with Crippen molar-refractivity contribution in [2.45, 2.75) is 56.7 Å². The molecule has 1 aromatic carbocycles. The molecule has 0 aromatic heterocycles. The smallest absolute Gasteiger partial charge is 0.257 e. The summed E-state index contributed by atoms with van der Waals surface area (Å²) in [7, 11) is 0. The molecule has 124 valence electrons. The van der Waals surface area contributed by atoms with Crippen molar-refractivity contribution in [3.63, 3.8) is 0 Å². The summed E-state index contributed by atoms with van der Waals surface area (Å²) in [6.45, 7) is 3.59. The van der Waals surface area contributed by atoms with Crippen LogP contribution in [-0.4, -0.2) is 35.2 Å². The van der Waals surface area contributed by atoms with Gasteiger partial charge < -0.3 is 15.0 Å². The van der Waals surface area contributed by atoms with Gasteiger partial charge in [0.25, 0.3) is 5.91 Å². The number of rotatable bonds is 2. The number of nitrogens with zero attached hydrogens (tertiary/aromatic N) is 1. The Labute approximate surface area is 142 Å². The maximum atomic E-state index is 13.1. The SMILES string of the molecule is CCCN1C(=O)c2ccc(Cl)cc2NC12CCOC1(CCC1)C2. The van der Waals surface area contributed by atoms with Crippen LogP contribution in [0.25, 0.3) is 0 Å². The fraction of sp³-hybridized carbons (Fsp3) is 0.611. The van der Waals surface area contributed by atoms with E-state index in [9.17, 15) is 4.79 Å². The number of carbonyl (C=O) groups is 1. The number of hydrogen-bond donors (Lipinski definition) is 1. The number of ether oxygens (including phenoxy) is 1. The fourth-order valence-corrected chi connectivity index (χ4v) is 4.51. The number of nitrogens with one attached hydrogen (secondary N) is 1. The molecule has 4 nitrogen and oxygen atoms in total. The highest BCUT2D eigenvalue weighted by atomic mass is 35.5. The van der Waals surface area contributed by atoms with Crippen LogP contribution in [0.5, 0.6) is 0 Å². The molecule has 5 heteroatoms. The van der Waals surface area contributed by atoms with Crippen molar-refractivity contribution in [2.24, 2.45) is 0 Å². The summed E-state index contributed by atoms with van der Waals surface area (Å²) in [4.78, 5) is 15.2. The Balaban J connectivity index is 1.76. The third kappa shape index (κ3) is 2.34. The number of hydrogen-bond acceptors (Lipinski definition) is 3. The molecule has 1 unspecified atom stereocenters. The summed E-state index contributed by atoms with van der Waals surface area (Å²) >= 11 is 6.15. The van der Waals surface area contributed by atoms with Crippen LogP contribution in [0.1, 0.15) is 55.8 Å². The maximum absolute atomic E-state index is 13.1. The summed E-state index contributed by atoms with van der Waals surface area (Å²) in [5.41, 5.74) is 1.23. The quantitative estimate of drug-likeness (QED) is 0.887. The Bertz CT molecular complexity index is 644. The highest BCUT2D eigenvalue weighted by Gasteiger charge is 2.54. The Morgan fingerprint density at radius 1 is 1.35 bits per heavy atom. The molecular weight excluding hydrogens is 312 g/mol. The van der Waals surface area contributed by atoms with Crippen LogP contribution >= 0.6 is 11.6 Å². The lowest BCUT2D eigenvalue weighted by molar-refractivity contribution is -0.164. The van der Waals surface area contributed by atoms with Crippen LogP contribution in [0.3, 0.4) is 0 Å². The van der Waals surface area contributed by atoms with Gasteiger partial charge in [0.1, 0.15) is 5.66 Å². The van der Waals surface area contributed by atoms with Crippen LogP contribution in [0, 0.1) is 0 Å². The molecule has 1 aliphatic carbocycles. The van der Waals surface area contributed by atoms with E-state index in [4.69, 9.17) is 16.3 Å². The number of fused-ring (bicyclic) bond motifs is 1. The number of amides is 1. The van der Waals surface area contributed by atoms with Gasteiger partial charge >= 0.3 is 0 Å². The lowest BCUT2D eigenvalue weighted by Gasteiger charge is -2.57. The first-order valence-corrected chi connectivity index (χ1v) is 8.99. The molecule has 2 spiro atoms. The first-order chi connectivity index (χ1) is 11.1. The van der Waals surface area contributed by atoms with Crippen molar-refractivity contribution in [3.8, 4) is 0 Å². The van der Waals surface area contributed by atoms with Gasteiger partial charge in [0.2, 0.25) is 0 Å². The van der Waals surface area contributed by atoms with Crippen LogP contribution in [0.4, 0.5) is 5.69 Å². The predicted molar refractivity (Wildman–Crippen MR) is 90.9 cm³/mol. The molecule has 1 aromatic rings. The van der Waals surface area contributed by atoms with E-state index in [0.29, 0.717) is 11.6 Å². The molecule has 1 saturated heterocycles. The second kappa shape index (κ2) is 5.38. The van der Waals surface area contributed by atoms with Gasteiger partial charge in [0.15, 0.2) is 0 Å². The van der Waals surface area contributed by atoms with Gasteiger partial charge in [-0.15, -0.1) is 0 Å². The molecule has 23 heavy (non-hydrogen) atoms. The normalized spacial score (nSPS) is 28.4. The van der Waals surface area contributed by atoms with Gasteiger partial charge in [-0.05, 0) is 43.9 Å². The minimum Gasteiger partial charge on any atom is -0.375 e. The second-order valence-corrected chi connectivity index (χ2v) is 7.55. The first-order valence-electron chi connectivity index (χ1n) is 8.61. The molecule has 0 bridgehead atoms. The van der Waals surface area contributed by atoms with Gasteiger partial charge in [-0.3, -0.25) is 4.79 Å². The van der Waals surface area contributed by atoms with E-state index in [1.54, 1.807) is 6.07 Å². The summed E-state index contributed by atoms with van der Waals surface area (Å²) in [6.07, 6.45) is 6.08. The van der Waals surface area contributed by atoms with E-state index in [0.717, 1.165) is 49.9 Å². The van der Waals surface area contributed by atoms with Gasteiger partial charge in [-0.1, -0.05) is 18.5 Å². The van der Waals surface area contributed by atoms with Crippen molar-refractivity contribution < 1.29 is 9.53 Å². The fourth-order valence-electron chi connectivity index (χ4n) is 4.34. The molecule has 1 saturated carbocycles. The highest BCUT2D eigenvalue weighted by molar-refractivity contribution is 6.31. The van der Waals surface area contributed by atoms with E-state index in [2.05, 4.69) is 12.2 Å². The third-order valence-electron chi connectivity index (χ3n) is 5.59. The zero-order valence-corrected chi connectivity index (χ0v) is 14.3. The van der Waals surface area contributed by atoms with Crippen molar-refractivity contribution in [1.29, 1.82) is 0 Å². The van der Waals surface area contributed by atoms with Crippen LogP contribution in [0.15, 0.2) is 18.2 Å². The number of halogens is 1. The van der Waals surface area contributed by atoms with Crippen LogP contribution in [-0.2, 0) is 4.74 Å². The average Bonchev–Trinajstić information content (AvgIpc) is 2.50. The lowest BCUT2D eigenvalue weighted by atomic mass is 9.70. The second-order valence-electron chi connectivity index (χ2n) is 7.12. The molecule has 2 fully saturated rings. The van der Waals surface area contributed by atoms with E-state index in [-0.39, 0.29) is 17.2 Å². The van der Waals surface area contributed by atoms with E-state index in [1.165, 1.54) is 6.42 Å². The van der Waals surface area contributed by atoms with E-state index < -0.39 is 0 Å². The molecular formula is C18H23ClN2O2. The topological polar surface area (TPSA) is 41.6 Å². The maximum Gasteiger partial charge on any atom is 0.257 e. The van der Waals surface area contributed by atoms with Crippen molar-refractivity contribution >= 4 is 23.2 Å². The Kier molecular flexibility index (Phi) is 3.58. The summed E-state index contributed by atoms with van der Waals surface area (Å²) in [5.74, 6) is 0.119. The lowest BCUT2D eigenvalue weighted by Crippen LogP contribution is -2.67. The highest BCUT2D eigenvalue weighted by Crippen LogP contribution is 2.49. The molecule has 1 atom stereocenters. The summed E-state index contributed by atoms with van der Waals surface area (Å²) in [6, 6.07) is 5.50. The molecule has 1 amide bonds. The van der Waals surface area contributed by atoms with Gasteiger partial charge in [-0.2, -0.15) is 0 Å². The van der Waals surface area contributed by atoms with Gasteiger partial charge in [0, 0.05) is 24.4 Å². The molecule has 2 aliphatic heterocycles. The average molecular weight is 335 g/mol. The third-order valence-corrected chi connectivity index (χ3v) is 5.83. The predicted octanol–water partition coefficient (Wildman–Crippen LogP) is 4.05. The molecule has 2 heterocycles. The molecule has 3 aliphatic rings. The number of anilines is 1. The first kappa shape index (κ1) is 15.3.